The van der Waals surface area contributed by atoms with Crippen LogP contribution < -0.4 is 5.32 Å². The van der Waals surface area contributed by atoms with E-state index in [4.69, 9.17) is 5.26 Å². The zero-order valence-electron chi connectivity index (χ0n) is 8.14. The van der Waals surface area contributed by atoms with Crippen LogP contribution in [0.2, 0.25) is 0 Å². The van der Waals surface area contributed by atoms with Crippen molar-refractivity contribution in [3.8, 4) is 6.07 Å². The third kappa shape index (κ3) is 1.97. The fourth-order valence-corrected chi connectivity index (χ4v) is 1.91. The molecule has 2 heterocycles. The number of aromatic nitrogens is 3. The Morgan fingerprint density at radius 3 is 3.13 bits per heavy atom. The van der Waals surface area contributed by atoms with Crippen LogP contribution in [0.5, 0.6) is 0 Å². The van der Waals surface area contributed by atoms with Gasteiger partial charge in [0, 0.05) is 13.2 Å². The Kier molecular flexibility index (Phi) is 2.65. The maximum atomic E-state index is 8.82. The SMILES string of the molecule is CNc1nnc(Cn2cccc2C#N)s1. The van der Waals surface area contributed by atoms with Gasteiger partial charge in [0.1, 0.15) is 16.8 Å². The van der Waals surface area contributed by atoms with Gasteiger partial charge in [-0.15, -0.1) is 10.2 Å². The van der Waals surface area contributed by atoms with E-state index in [1.165, 1.54) is 11.3 Å². The molecule has 0 unspecified atom stereocenters. The monoisotopic (exact) mass is 219 g/mol. The molecular formula is C9H9N5S. The second-order valence-electron chi connectivity index (χ2n) is 2.88. The van der Waals surface area contributed by atoms with Gasteiger partial charge in [0.05, 0.1) is 6.54 Å². The van der Waals surface area contributed by atoms with Crippen molar-refractivity contribution in [2.24, 2.45) is 0 Å². The highest BCUT2D eigenvalue weighted by Gasteiger charge is 2.05. The molecule has 0 amide bonds. The van der Waals surface area contributed by atoms with E-state index < -0.39 is 0 Å². The van der Waals surface area contributed by atoms with Gasteiger partial charge in [0.2, 0.25) is 5.13 Å². The summed E-state index contributed by atoms with van der Waals surface area (Å²) in [4.78, 5) is 0. The minimum absolute atomic E-state index is 0.592. The minimum atomic E-state index is 0.592. The van der Waals surface area contributed by atoms with Crippen molar-refractivity contribution in [1.82, 2.24) is 14.8 Å². The Balaban J connectivity index is 2.19. The summed E-state index contributed by atoms with van der Waals surface area (Å²) in [5.74, 6) is 0. The van der Waals surface area contributed by atoms with E-state index in [1.807, 2.05) is 16.8 Å². The molecule has 5 nitrogen and oxygen atoms in total. The highest BCUT2D eigenvalue weighted by atomic mass is 32.1. The number of nitrogens with one attached hydrogen (secondary N) is 1. The van der Waals surface area contributed by atoms with Gasteiger partial charge < -0.3 is 9.88 Å². The molecule has 1 N–H and O–H groups in total. The lowest BCUT2D eigenvalue weighted by atomic mass is 10.5. The van der Waals surface area contributed by atoms with Crippen LogP contribution >= 0.6 is 11.3 Å². The third-order valence-electron chi connectivity index (χ3n) is 1.93. The minimum Gasteiger partial charge on any atom is -0.363 e. The molecule has 0 saturated heterocycles. The smallest absolute Gasteiger partial charge is 0.205 e. The second-order valence-corrected chi connectivity index (χ2v) is 3.95. The standard InChI is InChI=1S/C9H9N5S/c1-11-9-13-12-8(15-9)6-14-4-2-3-7(14)5-10/h2-4H,6H2,1H3,(H,11,13). The predicted molar refractivity (Wildman–Crippen MR) is 57.7 cm³/mol. The molecule has 0 bridgehead atoms. The molecule has 2 aromatic heterocycles. The largest absolute Gasteiger partial charge is 0.363 e. The van der Waals surface area contributed by atoms with Crippen LogP contribution in [0.4, 0.5) is 5.13 Å². The number of nitriles is 1. The molecule has 6 heteroatoms. The van der Waals surface area contributed by atoms with Crippen molar-refractivity contribution < 1.29 is 0 Å². The Labute approximate surface area is 91.0 Å². The van der Waals surface area contributed by atoms with Crippen molar-refractivity contribution >= 4 is 16.5 Å². The topological polar surface area (TPSA) is 66.5 Å². The lowest BCUT2D eigenvalue weighted by Crippen LogP contribution is -1.99. The van der Waals surface area contributed by atoms with Crippen molar-refractivity contribution in [2.75, 3.05) is 12.4 Å². The van der Waals surface area contributed by atoms with Gasteiger partial charge in [-0.05, 0) is 12.1 Å². The molecule has 2 aromatic rings. The predicted octanol–water partition coefficient (Wildman–Crippen LogP) is 1.30. The lowest BCUT2D eigenvalue weighted by molar-refractivity contribution is 0.774. The molecular weight excluding hydrogens is 210 g/mol. The van der Waals surface area contributed by atoms with Crippen molar-refractivity contribution in [3.05, 3.63) is 29.0 Å². The first-order chi connectivity index (χ1) is 7.33. The molecule has 0 aliphatic carbocycles. The highest BCUT2D eigenvalue weighted by molar-refractivity contribution is 7.15. The Hall–Kier alpha value is -1.87. The van der Waals surface area contributed by atoms with Crippen LogP contribution in [-0.4, -0.2) is 21.8 Å². The van der Waals surface area contributed by atoms with Crippen LogP contribution in [0.25, 0.3) is 0 Å². The van der Waals surface area contributed by atoms with E-state index in [9.17, 15) is 0 Å². The fourth-order valence-electron chi connectivity index (χ4n) is 1.22. The molecule has 0 saturated carbocycles. The Morgan fingerprint density at radius 1 is 1.60 bits per heavy atom. The first kappa shape index (κ1) is 9.68. The van der Waals surface area contributed by atoms with Crippen LogP contribution in [0, 0.1) is 11.3 Å². The third-order valence-corrected chi connectivity index (χ3v) is 2.86. The summed E-state index contributed by atoms with van der Waals surface area (Å²) >= 11 is 1.49. The molecule has 0 aromatic carbocycles. The Bertz CT molecular complexity index is 493. The Morgan fingerprint density at radius 2 is 2.47 bits per heavy atom. The molecule has 0 aliphatic heterocycles. The summed E-state index contributed by atoms with van der Waals surface area (Å²) in [6.07, 6.45) is 1.86. The zero-order valence-corrected chi connectivity index (χ0v) is 8.95. The average molecular weight is 219 g/mol. The van der Waals surface area contributed by atoms with E-state index in [1.54, 1.807) is 13.1 Å². The van der Waals surface area contributed by atoms with Gasteiger partial charge in [-0.3, -0.25) is 0 Å². The summed E-state index contributed by atoms with van der Waals surface area (Å²) in [6, 6.07) is 5.74. The van der Waals surface area contributed by atoms with Gasteiger partial charge in [-0.1, -0.05) is 11.3 Å². The van der Waals surface area contributed by atoms with E-state index in [2.05, 4.69) is 21.6 Å². The number of hydrogen-bond donors (Lipinski definition) is 1. The van der Waals surface area contributed by atoms with Gasteiger partial charge >= 0.3 is 0 Å². The summed E-state index contributed by atoms with van der Waals surface area (Å²) < 4.78 is 1.85. The molecule has 0 spiro atoms. The summed E-state index contributed by atoms with van der Waals surface area (Å²) in [5, 5.41) is 21.4. The molecule has 2 rings (SSSR count). The summed E-state index contributed by atoms with van der Waals surface area (Å²) in [6.45, 7) is 0.592. The fraction of sp³-hybridized carbons (Fsp3) is 0.222. The van der Waals surface area contributed by atoms with E-state index in [0.29, 0.717) is 12.2 Å². The molecule has 0 fully saturated rings. The van der Waals surface area contributed by atoms with E-state index in [0.717, 1.165) is 10.1 Å². The lowest BCUT2D eigenvalue weighted by Gasteiger charge is -1.99. The van der Waals surface area contributed by atoms with Crippen LogP contribution in [0.15, 0.2) is 18.3 Å². The van der Waals surface area contributed by atoms with Crippen molar-refractivity contribution in [3.63, 3.8) is 0 Å². The van der Waals surface area contributed by atoms with Crippen molar-refractivity contribution in [1.29, 1.82) is 5.26 Å². The first-order valence-corrected chi connectivity index (χ1v) is 5.20. The van der Waals surface area contributed by atoms with Crippen LogP contribution in [-0.2, 0) is 6.54 Å². The molecule has 0 radical (unpaired) electrons. The number of anilines is 1. The van der Waals surface area contributed by atoms with Crippen LogP contribution in [0.3, 0.4) is 0 Å². The van der Waals surface area contributed by atoms with Gasteiger partial charge in [0.25, 0.3) is 0 Å². The maximum absolute atomic E-state index is 8.82. The number of nitrogens with zero attached hydrogens (tertiary/aromatic N) is 4. The second kappa shape index (κ2) is 4.11. The normalized spacial score (nSPS) is 9.87. The van der Waals surface area contributed by atoms with Gasteiger partial charge in [0.15, 0.2) is 0 Å². The molecule has 0 atom stereocenters. The summed E-state index contributed by atoms with van der Waals surface area (Å²) in [5.41, 5.74) is 0.635. The first-order valence-electron chi connectivity index (χ1n) is 4.39. The zero-order chi connectivity index (χ0) is 10.7. The van der Waals surface area contributed by atoms with Gasteiger partial charge in [-0.2, -0.15) is 5.26 Å². The summed E-state index contributed by atoms with van der Waals surface area (Å²) in [7, 11) is 1.81. The molecule has 0 aliphatic rings. The molecule has 76 valence electrons. The number of hydrogen-bond acceptors (Lipinski definition) is 5. The van der Waals surface area contributed by atoms with E-state index >= 15 is 0 Å². The van der Waals surface area contributed by atoms with Crippen molar-refractivity contribution in [2.45, 2.75) is 6.54 Å². The van der Waals surface area contributed by atoms with Crippen LogP contribution in [0.1, 0.15) is 10.7 Å². The number of rotatable bonds is 3. The van der Waals surface area contributed by atoms with E-state index in [-0.39, 0.29) is 0 Å². The van der Waals surface area contributed by atoms with Gasteiger partial charge in [-0.25, -0.2) is 0 Å². The maximum Gasteiger partial charge on any atom is 0.205 e. The average Bonchev–Trinajstić information content (AvgIpc) is 2.87. The molecule has 15 heavy (non-hydrogen) atoms. The highest BCUT2D eigenvalue weighted by Crippen LogP contribution is 2.16. The quantitative estimate of drug-likeness (QED) is 0.845.